The normalized spacial score (nSPS) is 23.7. The van der Waals surface area contributed by atoms with Crippen molar-refractivity contribution in [3.8, 4) is 5.75 Å². The molecule has 6 nitrogen and oxygen atoms in total. The van der Waals surface area contributed by atoms with E-state index < -0.39 is 0 Å². The fourth-order valence-corrected chi connectivity index (χ4v) is 2.37. The molecule has 0 saturated heterocycles. The van der Waals surface area contributed by atoms with E-state index in [0.717, 1.165) is 19.3 Å². The zero-order valence-electron chi connectivity index (χ0n) is 10.6. The second-order valence-electron chi connectivity index (χ2n) is 4.63. The quantitative estimate of drug-likeness (QED) is 0.741. The van der Waals surface area contributed by atoms with E-state index in [4.69, 9.17) is 10.5 Å². The highest BCUT2D eigenvalue weighted by atomic mass is 16.5. The first-order chi connectivity index (χ1) is 8.72. The number of aliphatic hydroxyl groups excluding tert-OH is 1. The van der Waals surface area contributed by atoms with Crippen molar-refractivity contribution < 1.29 is 9.84 Å². The van der Waals surface area contributed by atoms with Gasteiger partial charge in [0.25, 0.3) is 0 Å². The molecule has 1 saturated carbocycles. The summed E-state index contributed by atoms with van der Waals surface area (Å²) in [5.41, 5.74) is 5.70. The lowest BCUT2D eigenvalue weighted by Gasteiger charge is -2.27. The largest absolute Gasteiger partial charge is 0.490 e. The van der Waals surface area contributed by atoms with Crippen molar-refractivity contribution >= 4 is 11.6 Å². The fraction of sp³-hybridized carbons (Fsp3) is 0.667. The number of nitrogens with two attached hydrogens (primary N) is 1. The molecule has 0 radical (unpaired) electrons. The van der Waals surface area contributed by atoms with Gasteiger partial charge in [0.05, 0.1) is 13.2 Å². The summed E-state index contributed by atoms with van der Waals surface area (Å²) >= 11 is 0. The molecule has 0 amide bonds. The lowest BCUT2D eigenvalue weighted by molar-refractivity contribution is 0.0762. The SMILES string of the molecule is COc1c(N)ncnc1NCC1CCCCC1O. The molecule has 1 fully saturated rings. The van der Waals surface area contributed by atoms with E-state index in [0.29, 0.717) is 23.9 Å². The zero-order chi connectivity index (χ0) is 13.0. The summed E-state index contributed by atoms with van der Waals surface area (Å²) in [6.07, 6.45) is 5.38. The van der Waals surface area contributed by atoms with Gasteiger partial charge in [-0.15, -0.1) is 0 Å². The number of hydrogen-bond acceptors (Lipinski definition) is 6. The Balaban J connectivity index is 1.99. The van der Waals surface area contributed by atoms with E-state index in [-0.39, 0.29) is 12.0 Å². The van der Waals surface area contributed by atoms with Crippen molar-refractivity contribution in [2.45, 2.75) is 31.8 Å². The maximum absolute atomic E-state index is 9.90. The number of aromatic nitrogens is 2. The molecule has 18 heavy (non-hydrogen) atoms. The van der Waals surface area contributed by atoms with Gasteiger partial charge in [0.1, 0.15) is 6.33 Å². The van der Waals surface area contributed by atoms with Gasteiger partial charge in [-0.1, -0.05) is 12.8 Å². The van der Waals surface area contributed by atoms with Crippen LogP contribution in [0.15, 0.2) is 6.33 Å². The average molecular weight is 252 g/mol. The molecule has 1 aromatic heterocycles. The van der Waals surface area contributed by atoms with Gasteiger partial charge in [0.2, 0.25) is 5.75 Å². The van der Waals surface area contributed by atoms with Crippen LogP contribution in [0.4, 0.5) is 11.6 Å². The average Bonchev–Trinajstić information content (AvgIpc) is 2.38. The molecule has 0 spiro atoms. The molecule has 0 aromatic carbocycles. The summed E-state index contributed by atoms with van der Waals surface area (Å²) in [7, 11) is 1.54. The van der Waals surface area contributed by atoms with Gasteiger partial charge < -0.3 is 20.9 Å². The standard InChI is InChI=1S/C12H20N4O2/c1-18-10-11(13)15-7-16-12(10)14-6-8-4-2-3-5-9(8)17/h7-9,17H,2-6H2,1H3,(H3,13,14,15,16). The summed E-state index contributed by atoms with van der Waals surface area (Å²) in [4.78, 5) is 7.98. The Kier molecular flexibility index (Phi) is 4.19. The van der Waals surface area contributed by atoms with Crippen LogP contribution in [-0.2, 0) is 0 Å². The molecule has 0 bridgehead atoms. The van der Waals surface area contributed by atoms with E-state index in [2.05, 4.69) is 15.3 Å². The number of methoxy groups -OCH3 is 1. The lowest BCUT2D eigenvalue weighted by atomic mass is 9.86. The van der Waals surface area contributed by atoms with Gasteiger partial charge in [-0.2, -0.15) is 0 Å². The molecule has 1 aromatic rings. The van der Waals surface area contributed by atoms with E-state index in [1.807, 2.05) is 0 Å². The molecule has 6 heteroatoms. The molecule has 1 aliphatic rings. The van der Waals surface area contributed by atoms with E-state index in [9.17, 15) is 5.11 Å². The summed E-state index contributed by atoms with van der Waals surface area (Å²) in [5, 5.41) is 13.1. The van der Waals surface area contributed by atoms with Gasteiger partial charge in [0, 0.05) is 12.5 Å². The second kappa shape index (κ2) is 5.86. The maximum atomic E-state index is 9.90. The number of rotatable bonds is 4. The highest BCUT2D eigenvalue weighted by molar-refractivity contribution is 5.61. The first kappa shape index (κ1) is 12.9. The molecule has 2 unspecified atom stereocenters. The van der Waals surface area contributed by atoms with Gasteiger partial charge in [0.15, 0.2) is 11.6 Å². The molecule has 1 aliphatic carbocycles. The topological polar surface area (TPSA) is 93.3 Å². The minimum Gasteiger partial charge on any atom is -0.490 e. The maximum Gasteiger partial charge on any atom is 0.203 e. The third-order valence-corrected chi connectivity index (χ3v) is 3.44. The van der Waals surface area contributed by atoms with Crippen LogP contribution in [0.5, 0.6) is 5.75 Å². The van der Waals surface area contributed by atoms with E-state index in [1.165, 1.54) is 19.9 Å². The molecule has 2 atom stereocenters. The summed E-state index contributed by atoms with van der Waals surface area (Å²) < 4.78 is 5.17. The molecule has 100 valence electrons. The Morgan fingerprint density at radius 2 is 2.22 bits per heavy atom. The van der Waals surface area contributed by atoms with Crippen molar-refractivity contribution in [1.29, 1.82) is 0 Å². The number of nitrogen functional groups attached to an aromatic ring is 1. The summed E-state index contributed by atoms with van der Waals surface area (Å²) in [6, 6.07) is 0. The zero-order valence-corrected chi connectivity index (χ0v) is 10.6. The van der Waals surface area contributed by atoms with Gasteiger partial charge in [-0.25, -0.2) is 9.97 Å². The van der Waals surface area contributed by atoms with Crippen LogP contribution < -0.4 is 15.8 Å². The van der Waals surface area contributed by atoms with Gasteiger partial charge in [-0.3, -0.25) is 0 Å². The smallest absolute Gasteiger partial charge is 0.203 e. The highest BCUT2D eigenvalue weighted by Crippen LogP contribution is 2.28. The Labute approximate surface area is 107 Å². The van der Waals surface area contributed by atoms with Crippen molar-refractivity contribution in [2.24, 2.45) is 5.92 Å². The predicted octanol–water partition coefficient (Wildman–Crippen LogP) is 1.03. The molecular formula is C12H20N4O2. The van der Waals surface area contributed by atoms with Crippen LogP contribution in [0.2, 0.25) is 0 Å². The molecular weight excluding hydrogens is 232 g/mol. The van der Waals surface area contributed by atoms with Crippen LogP contribution in [-0.4, -0.2) is 34.8 Å². The molecule has 1 heterocycles. The number of ether oxygens (including phenoxy) is 1. The third kappa shape index (κ3) is 2.81. The van der Waals surface area contributed by atoms with E-state index in [1.54, 1.807) is 0 Å². The highest BCUT2D eigenvalue weighted by Gasteiger charge is 2.23. The molecule has 4 N–H and O–H groups in total. The minimum atomic E-state index is -0.226. The van der Waals surface area contributed by atoms with Crippen molar-refractivity contribution in [1.82, 2.24) is 9.97 Å². The Morgan fingerprint density at radius 1 is 1.44 bits per heavy atom. The number of anilines is 2. The number of aliphatic hydroxyl groups is 1. The Hall–Kier alpha value is -1.56. The van der Waals surface area contributed by atoms with E-state index >= 15 is 0 Å². The number of nitrogens with one attached hydrogen (secondary N) is 1. The third-order valence-electron chi connectivity index (χ3n) is 3.44. The molecule has 2 rings (SSSR count). The van der Waals surface area contributed by atoms with Gasteiger partial charge >= 0.3 is 0 Å². The summed E-state index contributed by atoms with van der Waals surface area (Å²) in [6.45, 7) is 0.675. The van der Waals surface area contributed by atoms with Crippen molar-refractivity contribution in [2.75, 3.05) is 24.7 Å². The Bertz CT molecular complexity index is 400. The van der Waals surface area contributed by atoms with Crippen LogP contribution in [0, 0.1) is 5.92 Å². The summed E-state index contributed by atoms with van der Waals surface area (Å²) in [5.74, 6) is 1.63. The van der Waals surface area contributed by atoms with Crippen molar-refractivity contribution in [3.63, 3.8) is 0 Å². The van der Waals surface area contributed by atoms with Crippen LogP contribution in [0.1, 0.15) is 25.7 Å². The van der Waals surface area contributed by atoms with Crippen LogP contribution in [0.25, 0.3) is 0 Å². The number of nitrogens with zero attached hydrogens (tertiary/aromatic N) is 2. The number of hydrogen-bond donors (Lipinski definition) is 3. The fourth-order valence-electron chi connectivity index (χ4n) is 2.37. The van der Waals surface area contributed by atoms with Crippen molar-refractivity contribution in [3.05, 3.63) is 6.33 Å². The van der Waals surface area contributed by atoms with Gasteiger partial charge in [-0.05, 0) is 12.8 Å². The first-order valence-electron chi connectivity index (χ1n) is 6.28. The first-order valence-corrected chi connectivity index (χ1v) is 6.28. The lowest BCUT2D eigenvalue weighted by Crippen LogP contribution is -2.30. The van der Waals surface area contributed by atoms with Crippen LogP contribution >= 0.6 is 0 Å². The Morgan fingerprint density at radius 3 is 2.94 bits per heavy atom. The van der Waals surface area contributed by atoms with Crippen LogP contribution in [0.3, 0.4) is 0 Å². The predicted molar refractivity (Wildman–Crippen MR) is 69.5 cm³/mol. The minimum absolute atomic E-state index is 0.226. The second-order valence-corrected chi connectivity index (χ2v) is 4.63. The monoisotopic (exact) mass is 252 g/mol. The molecule has 0 aliphatic heterocycles.